The van der Waals surface area contributed by atoms with Gasteiger partial charge in [-0.25, -0.2) is 13.2 Å². The van der Waals surface area contributed by atoms with Crippen LogP contribution in [0.1, 0.15) is 11.6 Å². The Hall–Kier alpha value is -0.340. The van der Waals surface area contributed by atoms with Crippen molar-refractivity contribution in [2.75, 3.05) is 32.8 Å². The number of hydrogen-bond acceptors (Lipinski definition) is 3. The summed E-state index contributed by atoms with van der Waals surface area (Å²) in [5.74, 6) is -3.78. The summed E-state index contributed by atoms with van der Waals surface area (Å²) in [4.78, 5) is 1.62. The van der Waals surface area contributed by atoms with Crippen LogP contribution in [0, 0.1) is 5.82 Å². The lowest BCUT2D eigenvalue weighted by molar-refractivity contribution is -0.118. The van der Waals surface area contributed by atoms with Crippen molar-refractivity contribution >= 4 is 28.3 Å². The molecule has 2 rings (SSSR count). The quantitative estimate of drug-likeness (QED) is 0.831. The van der Waals surface area contributed by atoms with Crippen LogP contribution in [0.15, 0.2) is 22.7 Å². The van der Waals surface area contributed by atoms with Gasteiger partial charge < -0.3 is 10.4 Å². The SMILES string of the molecule is Cl.OCC(F)(F)[C@@H](c1ccc(F)c(Br)c1)N1CCNCC1. The smallest absolute Gasteiger partial charge is 0.289 e. The summed E-state index contributed by atoms with van der Waals surface area (Å²) in [6, 6.07) is 2.59. The minimum Gasteiger partial charge on any atom is -0.390 e. The Balaban J connectivity index is 0.00000220. The van der Waals surface area contributed by atoms with Gasteiger partial charge in [-0.1, -0.05) is 6.07 Å². The average molecular weight is 390 g/mol. The minimum atomic E-state index is -3.28. The van der Waals surface area contributed by atoms with Crippen LogP contribution in [0.5, 0.6) is 0 Å². The molecule has 2 N–H and O–H groups in total. The first-order valence-electron chi connectivity index (χ1n) is 6.34. The molecular formula is C13H17BrClF3N2O. The molecule has 0 saturated carbocycles. The number of aliphatic hydroxyl groups is 1. The first-order chi connectivity index (χ1) is 9.45. The van der Waals surface area contributed by atoms with Gasteiger partial charge in [-0.05, 0) is 33.6 Å². The van der Waals surface area contributed by atoms with Crippen LogP contribution in [0.25, 0.3) is 0 Å². The van der Waals surface area contributed by atoms with E-state index in [9.17, 15) is 13.2 Å². The van der Waals surface area contributed by atoms with Gasteiger partial charge in [0.15, 0.2) is 0 Å². The van der Waals surface area contributed by atoms with Gasteiger partial charge in [0.25, 0.3) is 5.92 Å². The monoisotopic (exact) mass is 388 g/mol. The second kappa shape index (κ2) is 7.78. The van der Waals surface area contributed by atoms with Gasteiger partial charge >= 0.3 is 0 Å². The fourth-order valence-electron chi connectivity index (χ4n) is 2.43. The van der Waals surface area contributed by atoms with Gasteiger partial charge in [-0.3, -0.25) is 4.90 Å². The van der Waals surface area contributed by atoms with Gasteiger partial charge in [0, 0.05) is 26.2 Å². The van der Waals surface area contributed by atoms with Gasteiger partial charge in [-0.2, -0.15) is 0 Å². The summed E-state index contributed by atoms with van der Waals surface area (Å²) < 4.78 is 41.6. The Morgan fingerprint density at radius 3 is 2.48 bits per heavy atom. The van der Waals surface area contributed by atoms with E-state index in [1.54, 1.807) is 4.90 Å². The zero-order valence-corrected chi connectivity index (χ0v) is 13.6. The molecule has 0 spiro atoms. The van der Waals surface area contributed by atoms with E-state index in [2.05, 4.69) is 21.2 Å². The molecule has 0 amide bonds. The van der Waals surface area contributed by atoms with Gasteiger partial charge in [0.1, 0.15) is 18.5 Å². The molecule has 1 saturated heterocycles. The molecule has 3 nitrogen and oxygen atoms in total. The Morgan fingerprint density at radius 1 is 1.33 bits per heavy atom. The second-order valence-electron chi connectivity index (χ2n) is 4.78. The van der Waals surface area contributed by atoms with Crippen LogP contribution in [0.4, 0.5) is 13.2 Å². The zero-order chi connectivity index (χ0) is 14.8. The predicted molar refractivity (Wildman–Crippen MR) is 80.6 cm³/mol. The molecule has 0 unspecified atom stereocenters. The number of aliphatic hydroxyl groups excluding tert-OH is 1. The molecule has 1 aliphatic rings. The van der Waals surface area contributed by atoms with Crippen LogP contribution >= 0.6 is 28.3 Å². The number of benzene rings is 1. The fourth-order valence-corrected chi connectivity index (χ4v) is 2.83. The first-order valence-corrected chi connectivity index (χ1v) is 7.13. The third-order valence-corrected chi connectivity index (χ3v) is 3.99. The molecule has 8 heteroatoms. The van der Waals surface area contributed by atoms with Crippen molar-refractivity contribution in [2.24, 2.45) is 0 Å². The highest BCUT2D eigenvalue weighted by molar-refractivity contribution is 9.10. The van der Waals surface area contributed by atoms with Crippen LogP contribution in [0.2, 0.25) is 0 Å². The van der Waals surface area contributed by atoms with Crippen LogP contribution in [-0.2, 0) is 0 Å². The molecule has 1 aromatic carbocycles. The van der Waals surface area contributed by atoms with E-state index in [1.807, 2.05) is 0 Å². The van der Waals surface area contributed by atoms with Crippen molar-refractivity contribution in [1.29, 1.82) is 0 Å². The Bertz CT molecular complexity index is 473. The molecule has 0 aromatic heterocycles. The third-order valence-electron chi connectivity index (χ3n) is 3.39. The number of nitrogens with zero attached hydrogens (tertiary/aromatic N) is 1. The van der Waals surface area contributed by atoms with Crippen molar-refractivity contribution in [3.63, 3.8) is 0 Å². The molecule has 1 fully saturated rings. The van der Waals surface area contributed by atoms with Crippen LogP contribution in [0.3, 0.4) is 0 Å². The molecular weight excluding hydrogens is 373 g/mol. The molecule has 0 aliphatic carbocycles. The van der Waals surface area contributed by atoms with E-state index in [-0.39, 0.29) is 16.9 Å². The first kappa shape index (κ1) is 18.7. The molecule has 120 valence electrons. The van der Waals surface area contributed by atoms with E-state index >= 15 is 0 Å². The topological polar surface area (TPSA) is 35.5 Å². The summed E-state index contributed by atoms with van der Waals surface area (Å²) in [5.41, 5.74) is 0.291. The third kappa shape index (κ3) is 4.32. The second-order valence-corrected chi connectivity index (χ2v) is 5.64. The normalized spacial score (nSPS) is 18.1. The van der Waals surface area contributed by atoms with E-state index in [1.165, 1.54) is 12.1 Å². The Kier molecular flexibility index (Phi) is 6.93. The van der Waals surface area contributed by atoms with Crippen LogP contribution in [-0.4, -0.2) is 48.7 Å². The lowest BCUT2D eigenvalue weighted by Gasteiger charge is -2.38. The predicted octanol–water partition coefficient (Wildman–Crippen LogP) is 2.58. The van der Waals surface area contributed by atoms with Crippen molar-refractivity contribution in [1.82, 2.24) is 10.2 Å². The molecule has 0 bridgehead atoms. The summed E-state index contributed by atoms with van der Waals surface area (Å²) in [5, 5.41) is 12.1. The molecule has 1 aliphatic heterocycles. The number of piperazine rings is 1. The Morgan fingerprint density at radius 2 is 1.95 bits per heavy atom. The van der Waals surface area contributed by atoms with Crippen molar-refractivity contribution in [2.45, 2.75) is 12.0 Å². The average Bonchev–Trinajstić information content (AvgIpc) is 2.44. The zero-order valence-electron chi connectivity index (χ0n) is 11.2. The van der Waals surface area contributed by atoms with E-state index in [4.69, 9.17) is 5.11 Å². The maximum absolute atomic E-state index is 14.1. The van der Waals surface area contributed by atoms with Crippen molar-refractivity contribution in [3.05, 3.63) is 34.1 Å². The van der Waals surface area contributed by atoms with Crippen molar-refractivity contribution in [3.8, 4) is 0 Å². The highest BCUT2D eigenvalue weighted by Gasteiger charge is 2.44. The number of hydrogen-bond donors (Lipinski definition) is 2. The molecule has 1 atom stereocenters. The Labute approximate surface area is 136 Å². The van der Waals surface area contributed by atoms with Gasteiger partial charge in [0.05, 0.1) is 4.47 Å². The summed E-state index contributed by atoms with van der Waals surface area (Å²) in [6.07, 6.45) is 0. The maximum Gasteiger partial charge on any atom is 0.289 e. The summed E-state index contributed by atoms with van der Waals surface area (Å²) >= 11 is 3.01. The number of halogens is 5. The number of alkyl halides is 2. The van der Waals surface area contributed by atoms with E-state index in [0.717, 1.165) is 6.07 Å². The lowest BCUT2D eigenvalue weighted by atomic mass is 9.98. The molecule has 1 heterocycles. The molecule has 21 heavy (non-hydrogen) atoms. The number of nitrogens with one attached hydrogen (secondary N) is 1. The highest BCUT2D eigenvalue weighted by Crippen LogP contribution is 2.37. The van der Waals surface area contributed by atoms with E-state index in [0.29, 0.717) is 31.7 Å². The van der Waals surface area contributed by atoms with Crippen LogP contribution < -0.4 is 5.32 Å². The largest absolute Gasteiger partial charge is 0.390 e. The maximum atomic E-state index is 14.1. The summed E-state index contributed by atoms with van der Waals surface area (Å²) in [6.45, 7) is 0.891. The summed E-state index contributed by atoms with van der Waals surface area (Å²) in [7, 11) is 0. The fraction of sp³-hybridized carbons (Fsp3) is 0.538. The minimum absolute atomic E-state index is 0. The highest BCUT2D eigenvalue weighted by atomic mass is 79.9. The van der Waals surface area contributed by atoms with E-state index < -0.39 is 24.4 Å². The molecule has 1 aromatic rings. The number of rotatable bonds is 4. The van der Waals surface area contributed by atoms with Crippen molar-refractivity contribution < 1.29 is 18.3 Å². The van der Waals surface area contributed by atoms with Gasteiger partial charge in [-0.15, -0.1) is 12.4 Å². The lowest BCUT2D eigenvalue weighted by Crippen LogP contribution is -2.51. The molecule has 0 radical (unpaired) electrons. The van der Waals surface area contributed by atoms with Gasteiger partial charge in [0.2, 0.25) is 0 Å². The standard InChI is InChI=1S/C13H16BrF3N2O.ClH/c14-10-7-9(1-2-11(10)15)12(13(16,17)8-20)19-5-3-18-4-6-19;/h1-2,7,12,18,20H,3-6,8H2;1H/t12-;/m1./s1.